The summed E-state index contributed by atoms with van der Waals surface area (Å²) in [5, 5.41) is 6.02. The van der Waals surface area contributed by atoms with Crippen LogP contribution < -0.4 is 10.6 Å². The van der Waals surface area contributed by atoms with E-state index in [1.165, 1.54) is 0 Å². The van der Waals surface area contributed by atoms with Gasteiger partial charge in [0, 0.05) is 12.3 Å². The molecule has 0 saturated heterocycles. The van der Waals surface area contributed by atoms with Crippen molar-refractivity contribution >= 4 is 11.7 Å². The molecule has 118 valence electrons. The minimum Gasteiger partial charge on any atom is -0.346 e. The van der Waals surface area contributed by atoms with Gasteiger partial charge in [-0.05, 0) is 38.3 Å². The molecule has 0 rings (SSSR count). The molecule has 1 atom stereocenters. The van der Waals surface area contributed by atoms with Gasteiger partial charge >= 0.3 is 0 Å². The average molecular weight is 284 g/mol. The third-order valence-electron chi connectivity index (χ3n) is 3.11. The first-order valence-electron chi connectivity index (χ1n) is 7.65. The molecule has 2 N–H and O–H groups in total. The molecule has 0 aromatic rings. The van der Waals surface area contributed by atoms with Crippen LogP contribution in [0, 0.1) is 11.3 Å². The van der Waals surface area contributed by atoms with Crippen molar-refractivity contribution in [3.05, 3.63) is 0 Å². The Kier molecular flexibility index (Phi) is 8.70. The second-order valence-corrected chi connectivity index (χ2v) is 7.01. The van der Waals surface area contributed by atoms with Crippen LogP contribution in [0.5, 0.6) is 0 Å². The lowest BCUT2D eigenvalue weighted by atomic mass is 9.91. The maximum atomic E-state index is 12.2. The maximum Gasteiger partial charge on any atom is 0.221 e. The van der Waals surface area contributed by atoms with E-state index in [0.29, 0.717) is 6.42 Å². The van der Waals surface area contributed by atoms with Crippen molar-refractivity contribution < 1.29 is 9.59 Å². The quantitative estimate of drug-likeness (QED) is 0.640. The second kappa shape index (κ2) is 9.11. The Labute approximate surface area is 124 Å². The van der Waals surface area contributed by atoms with Crippen LogP contribution in [-0.2, 0) is 9.59 Å². The molecule has 0 saturated carbocycles. The van der Waals surface area contributed by atoms with Gasteiger partial charge in [0.25, 0.3) is 0 Å². The monoisotopic (exact) mass is 284 g/mol. The highest BCUT2D eigenvalue weighted by Crippen LogP contribution is 2.18. The fourth-order valence-electron chi connectivity index (χ4n) is 2.07. The van der Waals surface area contributed by atoms with Crippen molar-refractivity contribution in [2.75, 3.05) is 13.6 Å². The Morgan fingerprint density at radius 1 is 1.10 bits per heavy atom. The van der Waals surface area contributed by atoms with Gasteiger partial charge in [-0.2, -0.15) is 0 Å². The van der Waals surface area contributed by atoms with Gasteiger partial charge in [-0.25, -0.2) is 0 Å². The molecule has 0 fully saturated rings. The summed E-state index contributed by atoms with van der Waals surface area (Å²) < 4.78 is 0. The van der Waals surface area contributed by atoms with Crippen LogP contribution in [0.1, 0.15) is 60.3 Å². The predicted molar refractivity (Wildman–Crippen MR) is 83.6 cm³/mol. The SMILES string of the molecule is CNCCCCC(NC(=O)CC(C)(C)C)C(=O)C(C)C. The molecule has 4 nitrogen and oxygen atoms in total. The summed E-state index contributed by atoms with van der Waals surface area (Å²) in [5.41, 5.74) is -0.0539. The molecule has 20 heavy (non-hydrogen) atoms. The molecule has 0 bridgehead atoms. The Bertz CT molecular complexity index is 306. The molecule has 0 aliphatic heterocycles. The van der Waals surface area contributed by atoms with Crippen molar-refractivity contribution in [1.82, 2.24) is 10.6 Å². The van der Waals surface area contributed by atoms with Crippen molar-refractivity contribution in [3.63, 3.8) is 0 Å². The molecule has 0 spiro atoms. The Hall–Kier alpha value is -0.900. The molecule has 0 aliphatic rings. The zero-order valence-corrected chi connectivity index (χ0v) is 14.0. The Morgan fingerprint density at radius 2 is 1.70 bits per heavy atom. The second-order valence-electron chi connectivity index (χ2n) is 7.01. The molecule has 0 aromatic carbocycles. The lowest BCUT2D eigenvalue weighted by Crippen LogP contribution is -2.43. The normalized spacial score (nSPS) is 13.3. The Morgan fingerprint density at radius 3 is 2.15 bits per heavy atom. The number of unbranched alkanes of at least 4 members (excludes halogenated alkanes) is 1. The number of carbonyl (C=O) groups is 2. The van der Waals surface area contributed by atoms with E-state index in [0.717, 1.165) is 25.8 Å². The zero-order chi connectivity index (χ0) is 15.8. The average Bonchev–Trinajstić information content (AvgIpc) is 2.29. The van der Waals surface area contributed by atoms with Crippen LogP contribution in [0.2, 0.25) is 0 Å². The van der Waals surface area contributed by atoms with Gasteiger partial charge in [-0.15, -0.1) is 0 Å². The highest BCUT2D eigenvalue weighted by atomic mass is 16.2. The van der Waals surface area contributed by atoms with Crippen LogP contribution in [0.4, 0.5) is 0 Å². The van der Waals surface area contributed by atoms with E-state index in [2.05, 4.69) is 10.6 Å². The van der Waals surface area contributed by atoms with Gasteiger partial charge in [0.15, 0.2) is 5.78 Å². The third kappa shape index (κ3) is 9.08. The highest BCUT2D eigenvalue weighted by Gasteiger charge is 2.24. The minimum absolute atomic E-state index is 0.0230. The molecule has 1 amide bonds. The lowest BCUT2D eigenvalue weighted by molar-refractivity contribution is -0.130. The summed E-state index contributed by atoms with van der Waals surface area (Å²) >= 11 is 0. The molecule has 0 heterocycles. The van der Waals surface area contributed by atoms with E-state index in [4.69, 9.17) is 0 Å². The zero-order valence-electron chi connectivity index (χ0n) is 14.0. The van der Waals surface area contributed by atoms with Gasteiger partial charge in [-0.3, -0.25) is 9.59 Å². The summed E-state index contributed by atoms with van der Waals surface area (Å²) in [4.78, 5) is 24.2. The third-order valence-corrected chi connectivity index (χ3v) is 3.11. The summed E-state index contributed by atoms with van der Waals surface area (Å²) in [5.74, 6) is 0.0704. The number of nitrogens with one attached hydrogen (secondary N) is 2. The predicted octanol–water partition coefficient (Wildman–Crippen LogP) is 2.52. The first-order valence-corrected chi connectivity index (χ1v) is 7.65. The summed E-state index contributed by atoms with van der Waals surface area (Å²) in [6.07, 6.45) is 3.15. The molecular weight excluding hydrogens is 252 g/mol. The standard InChI is InChI=1S/C16H32N2O2/c1-12(2)15(20)13(9-7-8-10-17-6)18-14(19)11-16(3,4)5/h12-13,17H,7-11H2,1-6H3,(H,18,19). The summed E-state index contributed by atoms with van der Waals surface area (Å²) in [6.45, 7) is 10.8. The van der Waals surface area contributed by atoms with Gasteiger partial charge in [-0.1, -0.05) is 34.6 Å². The molecule has 0 aromatic heterocycles. The van der Waals surface area contributed by atoms with E-state index in [9.17, 15) is 9.59 Å². The van der Waals surface area contributed by atoms with Gasteiger partial charge < -0.3 is 10.6 Å². The van der Waals surface area contributed by atoms with Crippen LogP contribution in [0.3, 0.4) is 0 Å². The van der Waals surface area contributed by atoms with E-state index < -0.39 is 0 Å². The van der Waals surface area contributed by atoms with E-state index >= 15 is 0 Å². The molecular formula is C16H32N2O2. The number of hydrogen-bond donors (Lipinski definition) is 2. The van der Waals surface area contributed by atoms with E-state index in [-0.39, 0.29) is 29.1 Å². The van der Waals surface area contributed by atoms with Crippen molar-refractivity contribution in [1.29, 1.82) is 0 Å². The fraction of sp³-hybridized carbons (Fsp3) is 0.875. The van der Waals surface area contributed by atoms with E-state index in [1.54, 1.807) is 0 Å². The highest BCUT2D eigenvalue weighted by molar-refractivity contribution is 5.90. The number of carbonyl (C=O) groups excluding carboxylic acids is 2. The first kappa shape index (κ1) is 19.1. The summed E-state index contributed by atoms with van der Waals surface area (Å²) in [7, 11) is 1.92. The molecule has 1 unspecified atom stereocenters. The van der Waals surface area contributed by atoms with Crippen molar-refractivity contribution in [2.45, 2.75) is 66.3 Å². The summed E-state index contributed by atoms with van der Waals surface area (Å²) in [6, 6.07) is -0.332. The maximum absolute atomic E-state index is 12.2. The largest absolute Gasteiger partial charge is 0.346 e. The van der Waals surface area contributed by atoms with Crippen LogP contribution in [-0.4, -0.2) is 31.3 Å². The van der Waals surface area contributed by atoms with Crippen molar-refractivity contribution in [2.24, 2.45) is 11.3 Å². The fourth-order valence-corrected chi connectivity index (χ4v) is 2.07. The Balaban J connectivity index is 4.45. The number of ketones is 1. The van der Waals surface area contributed by atoms with Gasteiger partial charge in [0.1, 0.15) is 0 Å². The van der Waals surface area contributed by atoms with Gasteiger partial charge in [0.05, 0.1) is 6.04 Å². The van der Waals surface area contributed by atoms with Gasteiger partial charge in [0.2, 0.25) is 5.91 Å². The molecule has 4 heteroatoms. The van der Waals surface area contributed by atoms with Crippen molar-refractivity contribution in [3.8, 4) is 0 Å². The number of Topliss-reactive ketones (excluding diaryl/α,β-unsaturated/α-hetero) is 1. The minimum atomic E-state index is -0.332. The number of hydrogen-bond acceptors (Lipinski definition) is 3. The number of rotatable bonds is 9. The van der Waals surface area contributed by atoms with Crippen LogP contribution >= 0.6 is 0 Å². The first-order chi connectivity index (χ1) is 9.17. The van der Waals surface area contributed by atoms with Crippen LogP contribution in [0.25, 0.3) is 0 Å². The smallest absolute Gasteiger partial charge is 0.221 e. The van der Waals surface area contributed by atoms with E-state index in [1.807, 2.05) is 41.7 Å². The topological polar surface area (TPSA) is 58.2 Å². The molecule has 0 aliphatic carbocycles. The van der Waals surface area contributed by atoms with Crippen LogP contribution in [0.15, 0.2) is 0 Å². The number of amides is 1. The molecule has 0 radical (unpaired) electrons. The lowest BCUT2D eigenvalue weighted by Gasteiger charge is -2.23.